The number of halogens is 5. The van der Waals surface area contributed by atoms with Crippen LogP contribution >= 0.6 is 0 Å². The Morgan fingerprint density at radius 2 is 1.91 bits per heavy atom. The fraction of sp³-hybridized carbons (Fsp3) is 0.333. The van der Waals surface area contributed by atoms with E-state index in [1.807, 2.05) is 5.32 Å². The number of benzene rings is 2. The van der Waals surface area contributed by atoms with E-state index in [0.717, 1.165) is 21.4 Å². The number of quaternary nitrogens is 1. The van der Waals surface area contributed by atoms with Gasteiger partial charge in [0.15, 0.2) is 6.61 Å². The summed E-state index contributed by atoms with van der Waals surface area (Å²) in [6.07, 6.45) is -0.782. The molecule has 3 rings (SSSR count). The summed E-state index contributed by atoms with van der Waals surface area (Å²) in [5, 5.41) is 2.56. The Labute approximate surface area is 181 Å². The van der Waals surface area contributed by atoms with Gasteiger partial charge in [0.25, 0.3) is 0 Å². The second kappa shape index (κ2) is 9.45. The first kappa shape index (κ1) is 24.0. The maximum absolute atomic E-state index is 13.6. The molecule has 32 heavy (non-hydrogen) atoms. The molecule has 0 spiro atoms. The van der Waals surface area contributed by atoms with Crippen molar-refractivity contribution in [2.45, 2.75) is 25.3 Å². The van der Waals surface area contributed by atoms with E-state index in [-0.39, 0.29) is 11.3 Å². The van der Waals surface area contributed by atoms with E-state index in [1.54, 1.807) is 12.1 Å². The lowest BCUT2D eigenvalue weighted by Gasteiger charge is -2.16. The third-order valence-corrected chi connectivity index (χ3v) is 5.84. The van der Waals surface area contributed by atoms with E-state index in [9.17, 15) is 30.4 Å². The third-order valence-electron chi connectivity index (χ3n) is 4.82. The number of fused-ring (bicyclic) bond motifs is 1. The van der Waals surface area contributed by atoms with Crippen LogP contribution in [0.5, 0.6) is 5.75 Å². The Kier molecular flexibility index (Phi) is 7.09. The van der Waals surface area contributed by atoms with Crippen molar-refractivity contribution in [3.05, 3.63) is 65.6 Å². The second-order valence-electron chi connectivity index (χ2n) is 7.40. The highest BCUT2D eigenvalue weighted by atomic mass is 32.2. The van der Waals surface area contributed by atoms with Crippen molar-refractivity contribution in [3.63, 3.8) is 0 Å². The van der Waals surface area contributed by atoms with Crippen molar-refractivity contribution in [3.8, 4) is 5.75 Å². The van der Waals surface area contributed by atoms with E-state index in [1.165, 1.54) is 36.5 Å². The van der Waals surface area contributed by atoms with Gasteiger partial charge in [-0.2, -0.15) is 8.78 Å². The van der Waals surface area contributed by atoms with Gasteiger partial charge in [0.1, 0.15) is 18.1 Å². The highest BCUT2D eigenvalue weighted by Crippen LogP contribution is 2.25. The average Bonchev–Trinajstić information content (AvgIpc) is 3.08. The minimum Gasteiger partial charge on any atom is -0.487 e. The molecule has 0 atom stereocenters. The lowest BCUT2D eigenvalue weighted by Crippen LogP contribution is -2.83. The van der Waals surface area contributed by atoms with Crippen LogP contribution in [0, 0.1) is 5.82 Å². The van der Waals surface area contributed by atoms with Gasteiger partial charge < -0.3 is 10.1 Å². The van der Waals surface area contributed by atoms with Crippen LogP contribution in [0.2, 0.25) is 0 Å². The zero-order valence-corrected chi connectivity index (χ0v) is 17.9. The van der Waals surface area contributed by atoms with Gasteiger partial charge in [0.2, 0.25) is 10.0 Å². The van der Waals surface area contributed by atoms with Gasteiger partial charge in [-0.25, -0.2) is 25.6 Å². The first-order valence-electron chi connectivity index (χ1n) is 9.67. The molecule has 1 heterocycles. The number of nitrogens with two attached hydrogens (primary N) is 1. The van der Waals surface area contributed by atoms with Gasteiger partial charge in [0, 0.05) is 23.6 Å². The highest BCUT2D eigenvalue weighted by Gasteiger charge is 2.41. The number of nitrogens with zero attached hydrogens (tertiary/aromatic N) is 1. The maximum Gasteiger partial charge on any atom is 0.340 e. The monoisotopic (exact) mass is 477 g/mol. The number of aromatic nitrogens is 1. The molecular formula is C21H22F5N2O3S+. The van der Waals surface area contributed by atoms with Gasteiger partial charge in [-0.05, 0) is 35.9 Å². The number of hydrogen-bond donors (Lipinski definition) is 1. The summed E-state index contributed by atoms with van der Waals surface area (Å²) >= 11 is 0. The fourth-order valence-corrected chi connectivity index (χ4v) is 4.07. The van der Waals surface area contributed by atoms with Crippen LogP contribution in [-0.2, 0) is 23.0 Å². The summed E-state index contributed by atoms with van der Waals surface area (Å²) in [5.74, 6) is -4.70. The molecule has 1 aromatic heterocycles. The normalized spacial score (nSPS) is 12.6. The summed E-state index contributed by atoms with van der Waals surface area (Å²) in [7, 11) is -3.60. The summed E-state index contributed by atoms with van der Waals surface area (Å²) in [6.45, 7) is -0.389. The van der Waals surface area contributed by atoms with Crippen molar-refractivity contribution in [2.24, 2.45) is 0 Å². The molecule has 0 saturated heterocycles. The molecule has 174 valence electrons. The van der Waals surface area contributed by atoms with Crippen LogP contribution in [0.3, 0.4) is 0 Å². The standard InChI is InChI=1S/C21H21F5N2O3S/c1-32(29,30)28-12-15(18-6-5-16(22)10-19(18)28)7-8-27-11-14-3-2-4-17(9-14)31-13-21(25,26)20(23)24/h2-6,9-10,12,20,27H,7-8,11,13H2,1H3/p+1. The molecule has 0 unspecified atom stereocenters. The number of hydrogen-bond acceptors (Lipinski definition) is 3. The molecule has 0 amide bonds. The van der Waals surface area contributed by atoms with Crippen molar-refractivity contribution in [1.82, 2.24) is 3.97 Å². The first-order chi connectivity index (χ1) is 15.0. The predicted octanol–water partition coefficient (Wildman–Crippen LogP) is 3.17. The topological polar surface area (TPSA) is 64.9 Å². The number of rotatable bonds is 10. The van der Waals surface area contributed by atoms with E-state index >= 15 is 0 Å². The quantitative estimate of drug-likeness (QED) is 0.361. The van der Waals surface area contributed by atoms with Gasteiger partial charge in [-0.15, -0.1) is 0 Å². The van der Waals surface area contributed by atoms with E-state index in [0.29, 0.717) is 24.9 Å². The van der Waals surface area contributed by atoms with Gasteiger partial charge in [0.05, 0.1) is 18.3 Å². The third kappa shape index (κ3) is 5.77. The minimum atomic E-state index is -4.23. The second-order valence-corrected chi connectivity index (χ2v) is 9.26. The zero-order chi connectivity index (χ0) is 23.5. The van der Waals surface area contributed by atoms with E-state index in [2.05, 4.69) is 0 Å². The van der Waals surface area contributed by atoms with Crippen LogP contribution in [0.4, 0.5) is 22.0 Å². The zero-order valence-electron chi connectivity index (χ0n) is 17.1. The Bertz CT molecular complexity index is 1200. The van der Waals surface area contributed by atoms with Gasteiger partial charge in [-0.3, -0.25) is 0 Å². The number of alkyl halides is 4. The fourth-order valence-electron chi connectivity index (χ4n) is 3.24. The molecule has 3 aromatic rings. The van der Waals surface area contributed by atoms with Crippen molar-refractivity contribution < 1.29 is 40.4 Å². The summed E-state index contributed by atoms with van der Waals surface area (Å²) in [5.41, 5.74) is 1.75. The van der Waals surface area contributed by atoms with Crippen molar-refractivity contribution in [1.29, 1.82) is 0 Å². The molecule has 0 aliphatic heterocycles. The molecule has 0 fully saturated rings. The summed E-state index contributed by atoms with van der Waals surface area (Å²) < 4.78 is 94.0. The van der Waals surface area contributed by atoms with Crippen LogP contribution in [0.1, 0.15) is 11.1 Å². The Morgan fingerprint density at radius 3 is 2.59 bits per heavy atom. The first-order valence-corrected chi connectivity index (χ1v) is 11.5. The molecule has 2 N–H and O–H groups in total. The minimum absolute atomic E-state index is 0.0643. The van der Waals surface area contributed by atoms with Crippen molar-refractivity contribution in [2.75, 3.05) is 19.4 Å². The van der Waals surface area contributed by atoms with Gasteiger partial charge >= 0.3 is 12.3 Å². The number of ether oxygens (including phenoxy) is 1. The predicted molar refractivity (Wildman–Crippen MR) is 109 cm³/mol. The van der Waals surface area contributed by atoms with Crippen LogP contribution < -0.4 is 10.1 Å². The Morgan fingerprint density at radius 1 is 1.16 bits per heavy atom. The lowest BCUT2D eigenvalue weighted by molar-refractivity contribution is -0.670. The molecule has 0 aliphatic rings. The van der Waals surface area contributed by atoms with Crippen molar-refractivity contribution >= 4 is 20.9 Å². The van der Waals surface area contributed by atoms with Crippen LogP contribution in [0.25, 0.3) is 10.9 Å². The largest absolute Gasteiger partial charge is 0.487 e. The molecule has 0 radical (unpaired) electrons. The molecule has 0 aliphatic carbocycles. The van der Waals surface area contributed by atoms with E-state index in [4.69, 9.17) is 4.74 Å². The SMILES string of the molecule is CS(=O)(=O)n1cc(CC[NH2+]Cc2cccc(OCC(F)(F)C(F)F)c2)c2ccc(F)cc21. The van der Waals surface area contributed by atoms with E-state index < -0.39 is 34.8 Å². The molecule has 2 aromatic carbocycles. The summed E-state index contributed by atoms with van der Waals surface area (Å²) in [6, 6.07) is 10.2. The van der Waals surface area contributed by atoms with Crippen LogP contribution in [-0.4, -0.2) is 44.1 Å². The smallest absolute Gasteiger partial charge is 0.340 e. The maximum atomic E-state index is 13.6. The molecule has 5 nitrogen and oxygen atoms in total. The summed E-state index contributed by atoms with van der Waals surface area (Å²) in [4.78, 5) is 0. The molecule has 11 heteroatoms. The lowest BCUT2D eigenvalue weighted by atomic mass is 10.1. The molecule has 0 saturated carbocycles. The van der Waals surface area contributed by atoms with Gasteiger partial charge in [-0.1, -0.05) is 12.1 Å². The van der Waals surface area contributed by atoms with Crippen LogP contribution in [0.15, 0.2) is 48.7 Å². The molecule has 0 bridgehead atoms. The Balaban J connectivity index is 1.61. The average molecular weight is 477 g/mol. The highest BCUT2D eigenvalue weighted by molar-refractivity contribution is 7.89. The molecular weight excluding hydrogens is 455 g/mol. The Hall–Kier alpha value is -2.66.